The normalized spacial score (nSPS) is 16.3. The largest absolute Gasteiger partial charge is 0.481 e. The van der Waals surface area contributed by atoms with E-state index in [0.29, 0.717) is 12.8 Å². The van der Waals surface area contributed by atoms with Gasteiger partial charge >= 0.3 is 11.9 Å². The van der Waals surface area contributed by atoms with Gasteiger partial charge in [0.05, 0.1) is 26.1 Å². The third-order valence-corrected chi connectivity index (χ3v) is 6.01. The second kappa shape index (κ2) is 18.0. The summed E-state index contributed by atoms with van der Waals surface area (Å²) in [6, 6.07) is -5.51. The van der Waals surface area contributed by atoms with Gasteiger partial charge in [0.2, 0.25) is 29.5 Å². The molecule has 1 aliphatic rings. The fraction of sp³-hybridized carbons (Fsp3) is 0.652. The summed E-state index contributed by atoms with van der Waals surface area (Å²) in [7, 11) is 1.53. The van der Waals surface area contributed by atoms with Crippen LogP contribution in [0, 0.1) is 0 Å². The van der Waals surface area contributed by atoms with Crippen LogP contribution in [0.25, 0.3) is 0 Å². The van der Waals surface area contributed by atoms with Crippen LogP contribution in [0.15, 0.2) is 4.99 Å². The molecule has 0 radical (unpaired) electrons. The summed E-state index contributed by atoms with van der Waals surface area (Å²) in [5.41, 5.74) is 10.5. The van der Waals surface area contributed by atoms with Crippen LogP contribution in [0.1, 0.15) is 32.1 Å². The highest BCUT2D eigenvalue weighted by Crippen LogP contribution is 2.18. The molecule has 0 bridgehead atoms. The molecule has 1 rings (SSSR count). The molecule has 0 aromatic rings. The maximum absolute atomic E-state index is 12.8. The number of nitrogens with two attached hydrogens (primary N) is 2. The number of hydrogen-bond donors (Lipinski definition) is 10. The van der Waals surface area contributed by atoms with E-state index in [2.05, 4.69) is 31.6 Å². The van der Waals surface area contributed by atoms with E-state index in [0.717, 1.165) is 4.90 Å². The number of carboxylic acids is 2. The van der Waals surface area contributed by atoms with E-state index < -0.39 is 85.2 Å². The van der Waals surface area contributed by atoms with Crippen LogP contribution in [0.3, 0.4) is 0 Å². The third kappa shape index (κ3) is 12.3. The summed E-state index contributed by atoms with van der Waals surface area (Å²) in [6.45, 7) is -1.45. The Kier molecular flexibility index (Phi) is 15.2. The minimum absolute atomic E-state index is 0.0852. The Bertz CT molecular complexity index is 1030. The molecule has 19 heteroatoms. The highest BCUT2D eigenvalue weighted by molar-refractivity contribution is 5.96. The Labute approximate surface area is 240 Å². The summed E-state index contributed by atoms with van der Waals surface area (Å²) < 4.78 is 0. The average Bonchev–Trinajstić information content (AvgIpc) is 3.41. The minimum Gasteiger partial charge on any atom is -0.481 e. The predicted molar refractivity (Wildman–Crippen MR) is 144 cm³/mol. The fourth-order valence-corrected chi connectivity index (χ4v) is 4.04. The number of carboxylic acid groups (broad SMARTS) is 2. The number of carbonyl (C=O) groups excluding carboxylic acids is 5. The average molecular weight is 602 g/mol. The van der Waals surface area contributed by atoms with Crippen LogP contribution in [0.4, 0.5) is 0 Å². The van der Waals surface area contributed by atoms with E-state index >= 15 is 0 Å². The first-order valence-corrected chi connectivity index (χ1v) is 13.0. The second-order valence-corrected chi connectivity index (χ2v) is 9.31. The molecule has 1 fully saturated rings. The predicted octanol–water partition coefficient (Wildman–Crippen LogP) is -5.63. The zero-order chi connectivity index (χ0) is 31.8. The molecule has 236 valence electrons. The Morgan fingerprint density at radius 3 is 2.14 bits per heavy atom. The van der Waals surface area contributed by atoms with Gasteiger partial charge in [-0.2, -0.15) is 0 Å². The summed E-state index contributed by atoms with van der Waals surface area (Å²) >= 11 is 0. The van der Waals surface area contributed by atoms with Crippen LogP contribution in [-0.2, 0) is 33.6 Å². The molecule has 5 amide bonds. The van der Waals surface area contributed by atoms with Gasteiger partial charge in [-0.3, -0.25) is 33.8 Å². The molecular weight excluding hydrogens is 562 g/mol. The van der Waals surface area contributed by atoms with Gasteiger partial charge in [0, 0.05) is 13.1 Å². The van der Waals surface area contributed by atoms with Crippen LogP contribution in [0.2, 0.25) is 0 Å². The lowest BCUT2D eigenvalue weighted by Gasteiger charge is -2.27. The van der Waals surface area contributed by atoms with Crippen molar-refractivity contribution in [2.75, 3.05) is 39.8 Å². The monoisotopic (exact) mass is 601 g/mol. The Morgan fingerprint density at radius 2 is 1.57 bits per heavy atom. The highest BCUT2D eigenvalue weighted by Gasteiger charge is 2.38. The molecule has 0 unspecified atom stereocenters. The first-order valence-electron chi connectivity index (χ1n) is 13.0. The molecular formula is C23H39N9O10. The number of aliphatic imine (C=N–C) groups is 1. The lowest BCUT2D eigenvalue weighted by Crippen LogP contribution is -2.58. The van der Waals surface area contributed by atoms with Gasteiger partial charge in [0.15, 0.2) is 5.96 Å². The maximum Gasteiger partial charge on any atom is 0.326 e. The first-order chi connectivity index (χ1) is 19.8. The van der Waals surface area contributed by atoms with E-state index in [1.165, 1.54) is 7.05 Å². The maximum atomic E-state index is 12.8. The molecule has 0 aromatic heterocycles. The van der Waals surface area contributed by atoms with E-state index in [1.54, 1.807) is 0 Å². The zero-order valence-corrected chi connectivity index (χ0v) is 23.1. The van der Waals surface area contributed by atoms with E-state index in [-0.39, 0.29) is 38.4 Å². The molecule has 1 saturated heterocycles. The molecule has 0 aromatic carbocycles. The van der Waals surface area contributed by atoms with Crippen molar-refractivity contribution in [3.63, 3.8) is 0 Å². The zero-order valence-electron chi connectivity index (χ0n) is 23.1. The van der Waals surface area contributed by atoms with Crippen molar-refractivity contribution in [2.24, 2.45) is 16.5 Å². The fourth-order valence-electron chi connectivity index (χ4n) is 4.04. The minimum atomic E-state index is -1.71. The van der Waals surface area contributed by atoms with Gasteiger partial charge < -0.3 is 58.3 Å². The molecule has 0 aliphatic carbocycles. The number of amides is 5. The van der Waals surface area contributed by atoms with Crippen molar-refractivity contribution in [1.82, 2.24) is 31.5 Å². The van der Waals surface area contributed by atoms with Crippen molar-refractivity contribution in [3.05, 3.63) is 0 Å². The van der Waals surface area contributed by atoms with Gasteiger partial charge in [-0.1, -0.05) is 0 Å². The van der Waals surface area contributed by atoms with Crippen LogP contribution in [0.5, 0.6) is 0 Å². The van der Waals surface area contributed by atoms with E-state index in [4.69, 9.17) is 11.5 Å². The van der Waals surface area contributed by atoms with Gasteiger partial charge in [-0.15, -0.1) is 0 Å². The number of nitrogens with one attached hydrogen (secondary N) is 5. The Hall–Kier alpha value is -4.52. The molecule has 1 aliphatic heterocycles. The van der Waals surface area contributed by atoms with Gasteiger partial charge in [-0.25, -0.2) is 4.79 Å². The van der Waals surface area contributed by atoms with E-state index in [1.807, 2.05) is 0 Å². The topological polar surface area (TPSA) is 308 Å². The number of aliphatic carboxylic acids is 2. The first kappa shape index (κ1) is 35.5. The van der Waals surface area contributed by atoms with Crippen molar-refractivity contribution in [2.45, 2.75) is 56.3 Å². The number of carbonyl (C=O) groups is 7. The van der Waals surface area contributed by atoms with Crippen molar-refractivity contribution >= 4 is 47.4 Å². The standard InChI is InChI=1S/C23H39N9O10/c1-26-9-16(34)29-12(4-2-6-27-23(24)25)19(38)28-10-17(35)30-13(8-18(36)37)20(39)31-14(11-33)21(40)32-7-3-5-15(32)22(41)42/h12-15,26,33H,2-11H2,1H3,(H,28,38)(H,29,34)(H,30,35)(H,31,39)(H,36,37)(H,41,42)(H4,24,25,27)/t12-,13-,14-,15-/m1/s1. The molecule has 0 saturated carbocycles. The number of aliphatic hydroxyl groups excluding tert-OH is 1. The number of guanidine groups is 1. The summed E-state index contributed by atoms with van der Waals surface area (Å²) in [5, 5.41) is 39.9. The number of rotatable bonds is 18. The summed E-state index contributed by atoms with van der Waals surface area (Å²) in [5.74, 6) is -7.11. The SMILES string of the molecule is CNCC(=O)N[C@H](CCCN=C(N)N)C(=O)NCC(=O)N[C@H](CC(=O)O)C(=O)N[C@H](CO)C(=O)N1CCC[C@@H]1C(=O)O. The van der Waals surface area contributed by atoms with E-state index in [9.17, 15) is 48.9 Å². The van der Waals surface area contributed by atoms with Crippen LogP contribution < -0.4 is 38.1 Å². The number of likely N-dealkylation sites (N-methyl/N-ethyl adjacent to an activating group) is 1. The van der Waals surface area contributed by atoms with Crippen molar-refractivity contribution < 1.29 is 48.9 Å². The molecule has 42 heavy (non-hydrogen) atoms. The van der Waals surface area contributed by atoms with Gasteiger partial charge in [-0.05, 0) is 32.7 Å². The Morgan fingerprint density at radius 1 is 0.929 bits per heavy atom. The smallest absolute Gasteiger partial charge is 0.326 e. The highest BCUT2D eigenvalue weighted by atomic mass is 16.4. The van der Waals surface area contributed by atoms with Gasteiger partial charge in [0.1, 0.15) is 24.2 Å². The second-order valence-electron chi connectivity index (χ2n) is 9.31. The Balaban J connectivity index is 2.83. The van der Waals surface area contributed by atoms with Crippen LogP contribution >= 0.6 is 0 Å². The van der Waals surface area contributed by atoms with Gasteiger partial charge in [0.25, 0.3) is 0 Å². The number of hydrogen-bond acceptors (Lipinski definition) is 10. The molecule has 0 spiro atoms. The number of aliphatic hydroxyl groups is 1. The van der Waals surface area contributed by atoms with Crippen molar-refractivity contribution in [1.29, 1.82) is 0 Å². The molecule has 19 nitrogen and oxygen atoms in total. The molecule has 4 atom stereocenters. The quantitative estimate of drug-likeness (QED) is 0.0398. The lowest BCUT2D eigenvalue weighted by molar-refractivity contribution is -0.150. The third-order valence-electron chi connectivity index (χ3n) is 6.01. The number of nitrogens with zero attached hydrogens (tertiary/aromatic N) is 2. The number of likely N-dealkylation sites (tertiary alicyclic amines) is 1. The molecule has 12 N–H and O–H groups in total. The van der Waals surface area contributed by atoms with Crippen LogP contribution in [-0.4, -0.2) is 132 Å². The van der Waals surface area contributed by atoms with Crippen molar-refractivity contribution in [3.8, 4) is 0 Å². The molecule has 1 heterocycles. The summed E-state index contributed by atoms with van der Waals surface area (Å²) in [4.78, 5) is 90.2. The lowest BCUT2D eigenvalue weighted by atomic mass is 10.1. The summed E-state index contributed by atoms with van der Waals surface area (Å²) in [6.07, 6.45) is 0.0898.